The summed E-state index contributed by atoms with van der Waals surface area (Å²) in [5.41, 5.74) is 9.27. The molecule has 0 fully saturated rings. The maximum Gasteiger partial charge on any atom is 0.0443 e. The van der Waals surface area contributed by atoms with Gasteiger partial charge in [-0.2, -0.15) is 0 Å². The molecule has 0 spiro atoms. The Morgan fingerprint density at radius 3 is 3.17 bits per heavy atom. The van der Waals surface area contributed by atoms with E-state index in [0.29, 0.717) is 6.54 Å². The van der Waals surface area contributed by atoms with Crippen LogP contribution < -0.4 is 0 Å². The van der Waals surface area contributed by atoms with Gasteiger partial charge in [0.25, 0.3) is 0 Å². The van der Waals surface area contributed by atoms with Crippen molar-refractivity contribution in [2.75, 3.05) is 6.54 Å². The Morgan fingerprint density at radius 1 is 1.75 bits per heavy atom. The topological polar surface area (TPSA) is 48.8 Å². The molecule has 1 aromatic heterocycles. The number of hydrogen-bond acceptors (Lipinski definition) is 2. The summed E-state index contributed by atoms with van der Waals surface area (Å²) >= 11 is 1.69. The molecular weight excluding hydrogens is 170 g/mol. The second kappa shape index (κ2) is 4.59. The van der Waals surface area contributed by atoms with Crippen LogP contribution in [0.5, 0.6) is 0 Å². The van der Waals surface area contributed by atoms with E-state index in [-0.39, 0.29) is 0 Å². The molecular formula is C8H9N3S. The molecule has 0 unspecified atom stereocenters. The molecule has 12 heavy (non-hydrogen) atoms. The molecule has 62 valence electrons. The quantitative estimate of drug-likeness (QED) is 0.388. The van der Waals surface area contributed by atoms with Crippen molar-refractivity contribution in [3.8, 4) is 0 Å². The molecule has 0 aliphatic carbocycles. The first-order valence-corrected chi connectivity index (χ1v) is 4.44. The van der Waals surface area contributed by atoms with Crippen LogP contribution in [-0.2, 0) is 0 Å². The van der Waals surface area contributed by atoms with E-state index >= 15 is 0 Å². The summed E-state index contributed by atoms with van der Waals surface area (Å²) in [5.74, 6) is 0. The SMILES string of the molecule is Cc1ccsc1C=CCN=[N+]=[N-]. The van der Waals surface area contributed by atoms with Gasteiger partial charge in [-0.05, 0) is 35.5 Å². The third-order valence-electron chi connectivity index (χ3n) is 1.42. The minimum absolute atomic E-state index is 0.424. The Hall–Kier alpha value is -1.25. The van der Waals surface area contributed by atoms with E-state index in [9.17, 15) is 0 Å². The van der Waals surface area contributed by atoms with Crippen LogP contribution in [0.15, 0.2) is 22.6 Å². The highest BCUT2D eigenvalue weighted by molar-refractivity contribution is 7.11. The zero-order valence-electron chi connectivity index (χ0n) is 6.77. The van der Waals surface area contributed by atoms with Crippen molar-refractivity contribution in [3.63, 3.8) is 0 Å². The first-order chi connectivity index (χ1) is 5.84. The van der Waals surface area contributed by atoms with Crippen molar-refractivity contribution < 1.29 is 0 Å². The first-order valence-electron chi connectivity index (χ1n) is 3.56. The first kappa shape index (κ1) is 8.84. The Morgan fingerprint density at radius 2 is 2.58 bits per heavy atom. The number of azide groups is 1. The number of rotatable bonds is 3. The van der Waals surface area contributed by atoms with E-state index in [1.54, 1.807) is 11.3 Å². The van der Waals surface area contributed by atoms with Crippen LogP contribution in [-0.4, -0.2) is 6.54 Å². The third-order valence-corrected chi connectivity index (χ3v) is 2.41. The Labute approximate surface area is 75.0 Å². The molecule has 1 aromatic rings. The molecule has 0 bridgehead atoms. The van der Waals surface area contributed by atoms with Gasteiger partial charge in [0.2, 0.25) is 0 Å². The standard InChI is InChI=1S/C8H9N3S/c1-7-4-6-12-8(7)3-2-5-10-11-9/h2-4,6H,5H2,1H3. The Balaban J connectivity index is 2.57. The average molecular weight is 179 g/mol. The van der Waals surface area contributed by atoms with Crippen LogP contribution in [0.25, 0.3) is 16.5 Å². The summed E-state index contributed by atoms with van der Waals surface area (Å²) in [7, 11) is 0. The van der Waals surface area contributed by atoms with Crippen molar-refractivity contribution in [2.24, 2.45) is 5.11 Å². The lowest BCUT2D eigenvalue weighted by atomic mass is 10.3. The molecule has 0 atom stereocenters. The zero-order valence-corrected chi connectivity index (χ0v) is 7.58. The molecule has 3 nitrogen and oxygen atoms in total. The monoisotopic (exact) mass is 179 g/mol. The lowest BCUT2D eigenvalue weighted by molar-refractivity contribution is 1.22. The van der Waals surface area contributed by atoms with Crippen molar-refractivity contribution in [1.29, 1.82) is 0 Å². The summed E-state index contributed by atoms with van der Waals surface area (Å²) in [6.45, 7) is 2.48. The minimum Gasteiger partial charge on any atom is -0.144 e. The van der Waals surface area contributed by atoms with Gasteiger partial charge >= 0.3 is 0 Å². The zero-order chi connectivity index (χ0) is 8.81. The Kier molecular flexibility index (Phi) is 3.38. The van der Waals surface area contributed by atoms with Crippen LogP contribution in [0.2, 0.25) is 0 Å². The fourth-order valence-corrected chi connectivity index (χ4v) is 1.65. The van der Waals surface area contributed by atoms with Gasteiger partial charge in [0.1, 0.15) is 0 Å². The van der Waals surface area contributed by atoms with Gasteiger partial charge in [0.05, 0.1) is 0 Å². The Bertz CT molecular complexity index is 321. The van der Waals surface area contributed by atoms with Crippen molar-refractivity contribution in [2.45, 2.75) is 6.92 Å². The molecule has 4 heteroatoms. The summed E-state index contributed by atoms with van der Waals surface area (Å²) in [6.07, 6.45) is 3.84. The maximum atomic E-state index is 8.01. The average Bonchev–Trinajstić information content (AvgIpc) is 2.46. The number of hydrogen-bond donors (Lipinski definition) is 0. The summed E-state index contributed by atoms with van der Waals surface area (Å²) in [5, 5.41) is 5.44. The molecule has 1 heterocycles. The van der Waals surface area contributed by atoms with E-state index in [0.717, 1.165) is 0 Å². The largest absolute Gasteiger partial charge is 0.144 e. The van der Waals surface area contributed by atoms with E-state index < -0.39 is 0 Å². The smallest absolute Gasteiger partial charge is 0.0443 e. The van der Waals surface area contributed by atoms with Gasteiger partial charge in [-0.15, -0.1) is 11.3 Å². The summed E-state index contributed by atoms with van der Waals surface area (Å²) < 4.78 is 0. The second-order valence-electron chi connectivity index (χ2n) is 2.28. The second-order valence-corrected chi connectivity index (χ2v) is 3.23. The van der Waals surface area contributed by atoms with E-state index in [2.05, 4.69) is 23.0 Å². The van der Waals surface area contributed by atoms with Gasteiger partial charge in [0.15, 0.2) is 0 Å². The van der Waals surface area contributed by atoms with Crippen LogP contribution in [0, 0.1) is 6.92 Å². The van der Waals surface area contributed by atoms with E-state index in [1.807, 2.05) is 17.5 Å². The molecule has 0 radical (unpaired) electrons. The highest BCUT2D eigenvalue weighted by Gasteiger charge is 1.91. The van der Waals surface area contributed by atoms with Crippen LogP contribution in [0.3, 0.4) is 0 Å². The number of thiophene rings is 1. The molecule has 0 N–H and O–H groups in total. The highest BCUT2D eigenvalue weighted by Crippen LogP contribution is 2.16. The molecule has 0 saturated carbocycles. The normalized spacial score (nSPS) is 10.1. The van der Waals surface area contributed by atoms with Crippen LogP contribution in [0.1, 0.15) is 10.4 Å². The highest BCUT2D eigenvalue weighted by atomic mass is 32.1. The lowest BCUT2D eigenvalue weighted by Crippen LogP contribution is -1.69. The van der Waals surface area contributed by atoms with Crippen molar-refractivity contribution in [1.82, 2.24) is 0 Å². The molecule has 0 saturated heterocycles. The van der Waals surface area contributed by atoms with Gasteiger partial charge in [-0.25, -0.2) is 0 Å². The van der Waals surface area contributed by atoms with Gasteiger partial charge in [0, 0.05) is 16.3 Å². The molecule has 0 aliphatic rings. The fraction of sp³-hybridized carbons (Fsp3) is 0.250. The third kappa shape index (κ3) is 2.42. The molecule has 0 aromatic carbocycles. The molecule has 1 rings (SSSR count). The van der Waals surface area contributed by atoms with Crippen molar-refractivity contribution >= 4 is 17.4 Å². The summed E-state index contributed by atoms with van der Waals surface area (Å²) in [6, 6.07) is 2.07. The van der Waals surface area contributed by atoms with Crippen LogP contribution in [0.4, 0.5) is 0 Å². The molecule has 0 amide bonds. The predicted molar refractivity (Wildman–Crippen MR) is 52.1 cm³/mol. The maximum absolute atomic E-state index is 8.01. The van der Waals surface area contributed by atoms with E-state index in [1.165, 1.54) is 10.4 Å². The fourth-order valence-electron chi connectivity index (χ4n) is 0.799. The van der Waals surface area contributed by atoms with Gasteiger partial charge in [-0.3, -0.25) is 0 Å². The van der Waals surface area contributed by atoms with Crippen molar-refractivity contribution in [3.05, 3.63) is 38.4 Å². The summed E-state index contributed by atoms with van der Waals surface area (Å²) in [4.78, 5) is 3.88. The van der Waals surface area contributed by atoms with E-state index in [4.69, 9.17) is 5.53 Å². The van der Waals surface area contributed by atoms with Gasteiger partial charge in [-0.1, -0.05) is 11.2 Å². The lowest BCUT2D eigenvalue weighted by Gasteiger charge is -1.86. The number of nitrogens with zero attached hydrogens (tertiary/aromatic N) is 3. The van der Waals surface area contributed by atoms with Gasteiger partial charge < -0.3 is 0 Å². The van der Waals surface area contributed by atoms with Crippen LogP contribution >= 0.6 is 11.3 Å². The molecule has 0 aliphatic heterocycles. The minimum atomic E-state index is 0.424. The predicted octanol–water partition coefficient (Wildman–Crippen LogP) is 3.38. The number of aryl methyl sites for hydroxylation is 1.